The number of halogens is 1. The molecule has 0 bridgehead atoms. The van der Waals surface area contributed by atoms with Crippen molar-refractivity contribution in [2.24, 2.45) is 0 Å². The standard InChI is InChI=1S/C23H23FN2O2S/c1-2-3-4-5-6-7-13-28-20-10-8-9-17(23(20)24)14-22(27)26-18-11-12-19-21(15-18)29-16-25-19/h8-12,15-16H,2-3,6-7,13-14H2,1H3,(H,26,27). The molecule has 4 nitrogen and oxygen atoms in total. The lowest BCUT2D eigenvalue weighted by Gasteiger charge is -2.10. The van der Waals surface area contributed by atoms with Crippen LogP contribution in [0.1, 0.15) is 38.2 Å². The average Bonchev–Trinajstić information content (AvgIpc) is 3.17. The normalized spacial score (nSPS) is 10.4. The lowest BCUT2D eigenvalue weighted by atomic mass is 10.1. The zero-order chi connectivity index (χ0) is 20.5. The molecule has 3 rings (SSSR count). The van der Waals surface area contributed by atoms with Gasteiger partial charge >= 0.3 is 0 Å². The highest BCUT2D eigenvalue weighted by Crippen LogP contribution is 2.23. The highest BCUT2D eigenvalue weighted by molar-refractivity contribution is 7.16. The maximum atomic E-state index is 14.7. The second kappa shape index (κ2) is 10.6. The van der Waals surface area contributed by atoms with E-state index in [9.17, 15) is 9.18 Å². The van der Waals surface area contributed by atoms with Crippen LogP contribution in [-0.2, 0) is 11.2 Å². The number of fused-ring (bicyclic) bond motifs is 1. The van der Waals surface area contributed by atoms with Gasteiger partial charge in [0.05, 0.1) is 28.8 Å². The number of carbonyl (C=O) groups is 1. The molecule has 1 N–H and O–H groups in total. The number of ether oxygens (including phenoxy) is 1. The van der Waals surface area contributed by atoms with Crippen molar-refractivity contribution in [1.29, 1.82) is 0 Å². The average molecular weight is 411 g/mol. The summed E-state index contributed by atoms with van der Waals surface area (Å²) in [6.45, 7) is 2.48. The molecule has 0 aliphatic heterocycles. The molecular formula is C23H23FN2O2S. The number of amides is 1. The Morgan fingerprint density at radius 2 is 2.10 bits per heavy atom. The third-order valence-corrected chi connectivity index (χ3v) is 5.00. The van der Waals surface area contributed by atoms with E-state index in [0.717, 1.165) is 35.9 Å². The molecule has 0 fully saturated rings. The molecule has 2 aromatic carbocycles. The SMILES string of the molecule is CCCC#CCCCOc1cccc(CC(=O)Nc2ccc3ncsc3c2)c1F. The fourth-order valence-electron chi connectivity index (χ4n) is 2.76. The zero-order valence-electron chi connectivity index (χ0n) is 16.3. The largest absolute Gasteiger partial charge is 0.490 e. The number of carbonyl (C=O) groups excluding carboxylic acids is 1. The second-order valence-corrected chi connectivity index (χ2v) is 7.43. The molecule has 0 aliphatic carbocycles. The second-order valence-electron chi connectivity index (χ2n) is 6.54. The summed E-state index contributed by atoms with van der Waals surface area (Å²) in [4.78, 5) is 16.6. The first-order chi connectivity index (χ1) is 14.2. The Bertz CT molecular complexity index is 1040. The number of hydrogen-bond donors (Lipinski definition) is 1. The summed E-state index contributed by atoms with van der Waals surface area (Å²) in [5.74, 6) is 5.55. The number of hydrogen-bond acceptors (Lipinski definition) is 4. The predicted molar refractivity (Wildman–Crippen MR) is 116 cm³/mol. The van der Waals surface area contributed by atoms with Gasteiger partial charge < -0.3 is 10.1 Å². The van der Waals surface area contributed by atoms with Gasteiger partial charge in [0.15, 0.2) is 11.6 Å². The van der Waals surface area contributed by atoms with E-state index in [2.05, 4.69) is 29.1 Å². The van der Waals surface area contributed by atoms with E-state index in [-0.39, 0.29) is 18.1 Å². The van der Waals surface area contributed by atoms with E-state index in [1.165, 1.54) is 11.3 Å². The monoisotopic (exact) mass is 410 g/mol. The first-order valence-corrected chi connectivity index (χ1v) is 10.5. The molecule has 0 aliphatic rings. The summed E-state index contributed by atoms with van der Waals surface area (Å²) in [6, 6.07) is 10.4. The highest BCUT2D eigenvalue weighted by Gasteiger charge is 2.13. The molecule has 0 atom stereocenters. The van der Waals surface area contributed by atoms with Crippen LogP contribution in [0.15, 0.2) is 41.9 Å². The first kappa shape index (κ1) is 20.8. The fraction of sp³-hybridized carbons (Fsp3) is 0.304. The van der Waals surface area contributed by atoms with Gasteiger partial charge in [0.25, 0.3) is 0 Å². The van der Waals surface area contributed by atoms with Crippen LogP contribution in [0.5, 0.6) is 5.75 Å². The smallest absolute Gasteiger partial charge is 0.228 e. The molecule has 1 aromatic heterocycles. The van der Waals surface area contributed by atoms with Crippen LogP contribution in [0.4, 0.5) is 10.1 Å². The number of nitrogens with zero attached hydrogens (tertiary/aromatic N) is 1. The van der Waals surface area contributed by atoms with E-state index in [1.807, 2.05) is 12.1 Å². The van der Waals surface area contributed by atoms with Gasteiger partial charge in [0.1, 0.15) is 0 Å². The van der Waals surface area contributed by atoms with Crippen molar-refractivity contribution in [3.05, 3.63) is 53.3 Å². The van der Waals surface area contributed by atoms with Gasteiger partial charge in [0, 0.05) is 24.1 Å². The maximum absolute atomic E-state index is 14.7. The van der Waals surface area contributed by atoms with Crippen LogP contribution in [0.2, 0.25) is 0 Å². The number of nitrogens with one attached hydrogen (secondary N) is 1. The summed E-state index contributed by atoms with van der Waals surface area (Å²) < 4.78 is 21.2. The summed E-state index contributed by atoms with van der Waals surface area (Å²) in [7, 11) is 0. The summed E-state index contributed by atoms with van der Waals surface area (Å²) >= 11 is 1.50. The van der Waals surface area contributed by atoms with Crippen LogP contribution >= 0.6 is 11.3 Å². The van der Waals surface area contributed by atoms with Crippen LogP contribution in [0.3, 0.4) is 0 Å². The third kappa shape index (κ3) is 6.03. The van der Waals surface area contributed by atoms with Crippen molar-refractivity contribution in [2.75, 3.05) is 11.9 Å². The summed E-state index contributed by atoms with van der Waals surface area (Å²) in [5.41, 5.74) is 3.63. The molecule has 29 heavy (non-hydrogen) atoms. The van der Waals surface area contributed by atoms with Gasteiger partial charge in [-0.3, -0.25) is 4.79 Å². The summed E-state index contributed by atoms with van der Waals surface area (Å²) in [5, 5.41) is 2.81. The van der Waals surface area contributed by atoms with E-state index in [0.29, 0.717) is 17.9 Å². The Balaban J connectivity index is 1.54. The van der Waals surface area contributed by atoms with Crippen molar-refractivity contribution in [1.82, 2.24) is 4.98 Å². The Morgan fingerprint density at radius 3 is 2.97 bits per heavy atom. The quantitative estimate of drug-likeness (QED) is 0.390. The molecule has 1 heterocycles. The maximum Gasteiger partial charge on any atom is 0.228 e. The minimum Gasteiger partial charge on any atom is -0.490 e. The number of benzene rings is 2. The van der Waals surface area contributed by atoms with Gasteiger partial charge in [-0.1, -0.05) is 19.1 Å². The molecular weight excluding hydrogens is 387 g/mol. The topological polar surface area (TPSA) is 51.2 Å². The number of aromatic nitrogens is 1. The van der Waals surface area contributed by atoms with Crippen molar-refractivity contribution >= 4 is 33.1 Å². The Hall–Kier alpha value is -2.91. The van der Waals surface area contributed by atoms with Gasteiger partial charge in [-0.2, -0.15) is 0 Å². The molecule has 0 unspecified atom stereocenters. The molecule has 3 aromatic rings. The first-order valence-electron chi connectivity index (χ1n) is 9.66. The van der Waals surface area contributed by atoms with Crippen molar-refractivity contribution < 1.29 is 13.9 Å². The van der Waals surface area contributed by atoms with Crippen molar-refractivity contribution in [3.63, 3.8) is 0 Å². The Kier molecular flexibility index (Phi) is 7.60. The lowest BCUT2D eigenvalue weighted by Crippen LogP contribution is -2.15. The minimum absolute atomic E-state index is 0.0632. The molecule has 6 heteroatoms. The Labute approximate surface area is 174 Å². The third-order valence-electron chi connectivity index (χ3n) is 4.21. The van der Waals surface area contributed by atoms with Gasteiger partial charge in [-0.15, -0.1) is 23.2 Å². The zero-order valence-corrected chi connectivity index (χ0v) is 17.2. The number of thiazole rings is 1. The lowest BCUT2D eigenvalue weighted by molar-refractivity contribution is -0.115. The number of rotatable bonds is 8. The molecule has 0 saturated heterocycles. The van der Waals surface area contributed by atoms with Crippen LogP contribution in [0, 0.1) is 17.7 Å². The van der Waals surface area contributed by atoms with Crippen molar-refractivity contribution in [3.8, 4) is 17.6 Å². The molecule has 0 spiro atoms. The molecule has 0 radical (unpaired) electrons. The van der Waals surface area contributed by atoms with E-state index < -0.39 is 5.82 Å². The van der Waals surface area contributed by atoms with E-state index in [1.54, 1.807) is 29.8 Å². The predicted octanol–water partition coefficient (Wildman–Crippen LogP) is 5.58. The van der Waals surface area contributed by atoms with Crippen LogP contribution in [-0.4, -0.2) is 17.5 Å². The van der Waals surface area contributed by atoms with Gasteiger partial charge in [-0.05, 0) is 37.1 Å². The van der Waals surface area contributed by atoms with E-state index >= 15 is 0 Å². The molecule has 1 amide bonds. The summed E-state index contributed by atoms with van der Waals surface area (Å²) in [6.07, 6.45) is 3.35. The van der Waals surface area contributed by atoms with Crippen molar-refractivity contribution in [2.45, 2.75) is 39.0 Å². The van der Waals surface area contributed by atoms with Gasteiger partial charge in [0.2, 0.25) is 5.91 Å². The highest BCUT2D eigenvalue weighted by atomic mass is 32.1. The Morgan fingerprint density at radius 1 is 1.24 bits per heavy atom. The number of unbranched alkanes of at least 4 members (excludes halogenated alkanes) is 2. The number of anilines is 1. The molecule has 0 saturated carbocycles. The van der Waals surface area contributed by atoms with E-state index in [4.69, 9.17) is 4.74 Å². The molecule has 150 valence electrons. The van der Waals surface area contributed by atoms with Crippen LogP contribution in [0.25, 0.3) is 10.2 Å². The fourth-order valence-corrected chi connectivity index (χ4v) is 3.48. The van der Waals surface area contributed by atoms with Crippen LogP contribution < -0.4 is 10.1 Å². The minimum atomic E-state index is -0.488. The van der Waals surface area contributed by atoms with Gasteiger partial charge in [-0.25, -0.2) is 9.37 Å².